The molecule has 0 bridgehead atoms. The third-order valence-corrected chi connectivity index (χ3v) is 6.73. The van der Waals surface area contributed by atoms with Crippen LogP contribution in [0.1, 0.15) is 40.0 Å². The van der Waals surface area contributed by atoms with Gasteiger partial charge < -0.3 is 5.48 Å². The summed E-state index contributed by atoms with van der Waals surface area (Å²) in [6.45, 7) is 6.75. The van der Waals surface area contributed by atoms with E-state index in [0.717, 1.165) is 0 Å². The average Bonchev–Trinajstić information content (AvgIpc) is 1.88. The fraction of sp³-hybridized carbons (Fsp3) is 1.00. The van der Waals surface area contributed by atoms with Crippen LogP contribution < -0.4 is 5.50 Å². The summed E-state index contributed by atoms with van der Waals surface area (Å²) in [5.41, 5.74) is 6.37. The van der Waals surface area contributed by atoms with Gasteiger partial charge in [-0.3, -0.25) is 0 Å². The molecule has 0 aromatic carbocycles. The molecule has 0 radical (unpaired) electrons. The van der Waals surface area contributed by atoms with Gasteiger partial charge in [0.25, 0.3) is 0 Å². The first-order chi connectivity index (χ1) is 5.18. The molecule has 0 unspecified atom stereocenters. The number of nitrogens with two attached hydrogens (primary N) is 1. The molecule has 0 spiro atoms. The fourth-order valence-electron chi connectivity index (χ4n) is 1.87. The van der Waals surface area contributed by atoms with Crippen molar-refractivity contribution >= 4 is 7.41 Å². The molecule has 0 atom stereocenters. The molecule has 0 aromatic rings. The van der Waals surface area contributed by atoms with Crippen molar-refractivity contribution in [2.45, 2.75) is 40.0 Å². The standard InChI is InChI=1S/C9H24NP.H2O/c1-4-7-11(10,8-5-2)9-6-3;/h11H,4-10H2,1-3H3;1H2. The van der Waals surface area contributed by atoms with Gasteiger partial charge in [0.15, 0.2) is 0 Å². The first-order valence-electron chi connectivity index (χ1n) is 4.97. The van der Waals surface area contributed by atoms with Gasteiger partial charge in [0, 0.05) is 0 Å². The van der Waals surface area contributed by atoms with Crippen LogP contribution in [0.2, 0.25) is 0 Å². The normalized spacial score (nSPS) is 12.3. The summed E-state index contributed by atoms with van der Waals surface area (Å²) >= 11 is 0. The van der Waals surface area contributed by atoms with Crippen LogP contribution in [0.4, 0.5) is 0 Å². The molecule has 12 heavy (non-hydrogen) atoms. The van der Waals surface area contributed by atoms with Gasteiger partial charge in [-0.25, -0.2) is 0 Å². The molecule has 0 aromatic heterocycles. The largest absolute Gasteiger partial charge is 0.412 e. The van der Waals surface area contributed by atoms with E-state index in [0.29, 0.717) is 0 Å². The van der Waals surface area contributed by atoms with Gasteiger partial charge in [-0.05, 0) is 0 Å². The van der Waals surface area contributed by atoms with E-state index in [-0.39, 0.29) is 5.48 Å². The minimum Gasteiger partial charge on any atom is -0.412 e. The second kappa shape index (κ2) is 7.97. The zero-order valence-electron chi connectivity index (χ0n) is 8.82. The van der Waals surface area contributed by atoms with Crippen molar-refractivity contribution in [3.05, 3.63) is 0 Å². The number of rotatable bonds is 6. The smallest absolute Gasteiger partial charge is 0.412 e. The van der Waals surface area contributed by atoms with E-state index in [2.05, 4.69) is 20.8 Å². The molecule has 3 heteroatoms. The molecule has 0 fully saturated rings. The minimum atomic E-state index is -1.25. The molecule has 0 saturated carbocycles. The van der Waals surface area contributed by atoms with Crippen LogP contribution >= 0.6 is 7.41 Å². The predicted octanol–water partition coefficient (Wildman–Crippen LogP) is 2.02. The van der Waals surface area contributed by atoms with E-state index in [4.69, 9.17) is 5.50 Å². The van der Waals surface area contributed by atoms with Crippen LogP contribution in [0.15, 0.2) is 0 Å². The van der Waals surface area contributed by atoms with Crippen LogP contribution in [-0.4, -0.2) is 24.0 Å². The SMILES string of the molecule is CCC[PH](N)(CCC)CCC.O. The maximum absolute atomic E-state index is 6.37. The summed E-state index contributed by atoms with van der Waals surface area (Å²) in [4.78, 5) is 0. The Hall–Kier alpha value is 0.350. The van der Waals surface area contributed by atoms with Crippen molar-refractivity contribution in [3.8, 4) is 0 Å². The summed E-state index contributed by atoms with van der Waals surface area (Å²) in [6.07, 6.45) is 7.83. The Morgan fingerprint density at radius 2 is 1.08 bits per heavy atom. The van der Waals surface area contributed by atoms with E-state index in [1.807, 2.05) is 0 Å². The summed E-state index contributed by atoms with van der Waals surface area (Å²) in [7, 11) is -1.25. The summed E-state index contributed by atoms with van der Waals surface area (Å²) < 4.78 is 0. The molecule has 0 saturated heterocycles. The molecular formula is C9H26NOP. The van der Waals surface area contributed by atoms with Crippen molar-refractivity contribution in [1.29, 1.82) is 0 Å². The minimum absolute atomic E-state index is 0. The van der Waals surface area contributed by atoms with Gasteiger partial charge in [0.1, 0.15) is 0 Å². The van der Waals surface area contributed by atoms with Crippen molar-refractivity contribution in [2.24, 2.45) is 5.50 Å². The average molecular weight is 195 g/mol. The van der Waals surface area contributed by atoms with E-state index in [1.54, 1.807) is 0 Å². The van der Waals surface area contributed by atoms with Crippen LogP contribution in [0.3, 0.4) is 0 Å². The summed E-state index contributed by atoms with van der Waals surface area (Å²) in [6, 6.07) is 0. The Kier molecular flexibility index (Phi) is 9.87. The molecule has 0 rings (SSSR count). The second-order valence-corrected chi connectivity index (χ2v) is 7.84. The van der Waals surface area contributed by atoms with E-state index < -0.39 is 7.41 Å². The third kappa shape index (κ3) is 5.93. The molecule has 78 valence electrons. The monoisotopic (exact) mass is 195 g/mol. The van der Waals surface area contributed by atoms with Gasteiger partial charge in [-0.15, -0.1) is 0 Å². The molecular weight excluding hydrogens is 169 g/mol. The summed E-state index contributed by atoms with van der Waals surface area (Å²) in [5, 5.41) is 0. The first-order valence-corrected chi connectivity index (χ1v) is 7.67. The summed E-state index contributed by atoms with van der Waals surface area (Å²) in [5.74, 6) is 0. The Labute approximate surface area is 77.6 Å². The van der Waals surface area contributed by atoms with Gasteiger partial charge in [0.2, 0.25) is 0 Å². The zero-order chi connectivity index (χ0) is 8.74. The van der Waals surface area contributed by atoms with Crippen molar-refractivity contribution < 1.29 is 5.48 Å². The van der Waals surface area contributed by atoms with Crippen molar-refractivity contribution in [2.75, 3.05) is 18.5 Å². The number of hydrogen-bond donors (Lipinski definition) is 1. The molecule has 0 aliphatic rings. The van der Waals surface area contributed by atoms with Crippen LogP contribution in [-0.2, 0) is 0 Å². The topological polar surface area (TPSA) is 57.5 Å². The molecule has 2 nitrogen and oxygen atoms in total. The maximum atomic E-state index is 6.37. The Morgan fingerprint density at radius 1 is 0.833 bits per heavy atom. The molecule has 4 N–H and O–H groups in total. The molecule has 0 heterocycles. The van der Waals surface area contributed by atoms with Crippen LogP contribution in [0.5, 0.6) is 0 Å². The Bertz CT molecular complexity index is 81.5. The second-order valence-electron chi connectivity index (χ2n) is 3.61. The maximum Gasteiger partial charge on any atom is -0.412 e. The van der Waals surface area contributed by atoms with E-state index >= 15 is 0 Å². The third-order valence-electron chi connectivity index (χ3n) is 2.24. The molecule has 0 amide bonds. The van der Waals surface area contributed by atoms with E-state index in [9.17, 15) is 0 Å². The first kappa shape index (κ1) is 14.9. The Balaban J connectivity index is 0. The zero-order valence-corrected chi connectivity index (χ0v) is 9.82. The number of hydrogen-bond acceptors (Lipinski definition) is 1. The van der Waals surface area contributed by atoms with Gasteiger partial charge in [-0.1, -0.05) is 0 Å². The van der Waals surface area contributed by atoms with Gasteiger partial charge in [-0.2, -0.15) is 0 Å². The predicted molar refractivity (Wildman–Crippen MR) is 61.6 cm³/mol. The molecule has 0 aliphatic carbocycles. The Morgan fingerprint density at radius 3 is 1.25 bits per heavy atom. The van der Waals surface area contributed by atoms with E-state index in [1.165, 1.54) is 37.7 Å². The van der Waals surface area contributed by atoms with Crippen molar-refractivity contribution in [1.82, 2.24) is 0 Å². The van der Waals surface area contributed by atoms with Crippen LogP contribution in [0.25, 0.3) is 0 Å². The van der Waals surface area contributed by atoms with Gasteiger partial charge >= 0.3 is 71.4 Å². The molecule has 0 aliphatic heterocycles. The quantitative estimate of drug-likeness (QED) is 0.647. The van der Waals surface area contributed by atoms with Crippen molar-refractivity contribution in [3.63, 3.8) is 0 Å². The van der Waals surface area contributed by atoms with Gasteiger partial charge in [0.05, 0.1) is 0 Å². The van der Waals surface area contributed by atoms with Crippen LogP contribution in [0, 0.1) is 0 Å². The fourth-order valence-corrected chi connectivity index (χ4v) is 5.61.